The summed E-state index contributed by atoms with van der Waals surface area (Å²) in [6.07, 6.45) is 12.0. The van der Waals surface area contributed by atoms with E-state index in [9.17, 15) is 66.3 Å². The predicted octanol–water partition coefficient (Wildman–Crippen LogP) is 14.7. The Morgan fingerprint density at radius 3 is 1.93 bits per heavy atom. The third-order valence-corrected chi connectivity index (χ3v) is 25.1. The highest BCUT2D eigenvalue weighted by Gasteiger charge is 2.50. The number of carbonyl (C=O) groups excluding carboxylic acids is 11. The van der Waals surface area contributed by atoms with Crippen molar-refractivity contribution in [3.05, 3.63) is 201 Å². The number of aryl methyl sites for hydroxylation is 3. The van der Waals surface area contributed by atoms with Crippen molar-refractivity contribution in [1.29, 1.82) is 15.8 Å². The van der Waals surface area contributed by atoms with Gasteiger partial charge in [0.1, 0.15) is 30.0 Å². The molecule has 3 heterocycles. The number of rotatable bonds is 29. The molecule has 1 fully saturated rings. The number of anilines is 10. The molecule has 1 saturated carbocycles. The van der Waals surface area contributed by atoms with E-state index in [4.69, 9.17) is 25.5 Å². The second kappa shape index (κ2) is 42.2. The minimum atomic E-state index is -4.10. The number of aliphatic imine (C=N–C) groups is 2. The molecule has 32 nitrogen and oxygen atoms in total. The molecule has 0 radical (unpaired) electrons. The highest BCUT2D eigenvalue weighted by molar-refractivity contribution is 7.90. The molecular weight excluding hydrogens is 1710 g/mol. The van der Waals surface area contributed by atoms with Crippen molar-refractivity contribution >= 4 is 160 Å². The fraction of sp³-hybridized carbons (Fsp3) is 0.350. The number of benzene rings is 6. The van der Waals surface area contributed by atoms with E-state index in [0.29, 0.717) is 127 Å². The SMILES string of the molecule is CC1=CC(=Nc2ccc(N(C)CC#N)cc2)C2=C(C1=O)C(C)(C)CC(=O)N2.CCN(CCC#N)c1ccc(N=C2C=C(C(=O)Nc3cccc(NC(=O)C4CCCCC4C=O)c3)C(=O)C3=C2NC(=O)C3(C)C)c(C)c1.CCN(CCC#N)c1ccc(Nc2cc(NC(=O)C3=CC(=NS(=O)(=O)CCCCOc4ccc(C)cc4C)C(=O)C=C3)c(O)c3c2NC(=O)C3(C)C)c(NC(C)=O)c1. The van der Waals surface area contributed by atoms with Crippen molar-refractivity contribution in [3.8, 4) is 29.7 Å². The molecule has 0 saturated heterocycles. The van der Waals surface area contributed by atoms with Crippen molar-refractivity contribution in [3.63, 3.8) is 0 Å². The van der Waals surface area contributed by atoms with Gasteiger partial charge in [-0.15, -0.1) is 0 Å². The van der Waals surface area contributed by atoms with Crippen LogP contribution in [0.3, 0.4) is 0 Å². The van der Waals surface area contributed by atoms with Crippen molar-refractivity contribution in [1.82, 2.24) is 10.6 Å². The molecule has 7 aliphatic rings. The van der Waals surface area contributed by atoms with Crippen molar-refractivity contribution in [2.45, 2.75) is 153 Å². The molecule has 2 atom stereocenters. The zero-order chi connectivity index (χ0) is 96.7. The first-order valence-corrected chi connectivity index (χ1v) is 45.4. The summed E-state index contributed by atoms with van der Waals surface area (Å²) in [5, 5.41) is 61.2. The number of ether oxygens (including phenoxy) is 1. The number of allylic oxidation sites excluding steroid dienone is 6. The van der Waals surface area contributed by atoms with Crippen LogP contribution in [0.1, 0.15) is 149 Å². The van der Waals surface area contributed by atoms with Crippen LogP contribution < -0.4 is 62.0 Å². The van der Waals surface area contributed by atoms with E-state index in [0.717, 1.165) is 71.6 Å². The Hall–Kier alpha value is -15.0. The van der Waals surface area contributed by atoms with Crippen LogP contribution in [0.25, 0.3) is 0 Å². The van der Waals surface area contributed by atoms with E-state index in [1.54, 1.807) is 77.1 Å². The van der Waals surface area contributed by atoms with Gasteiger partial charge in [0.25, 0.3) is 21.8 Å². The lowest BCUT2D eigenvalue weighted by molar-refractivity contribution is -0.127. The van der Waals surface area contributed by atoms with Crippen LogP contribution in [-0.4, -0.2) is 148 Å². The number of unbranched alkanes of at least 4 members (excludes halogenated alkanes) is 1. The van der Waals surface area contributed by atoms with E-state index >= 15 is 0 Å². The maximum Gasteiger partial charge on any atom is 0.259 e. The number of fused-ring (bicyclic) bond motifs is 1. The van der Waals surface area contributed by atoms with Gasteiger partial charge in [-0.25, -0.2) is 18.4 Å². The predicted molar refractivity (Wildman–Crippen MR) is 513 cm³/mol. The summed E-state index contributed by atoms with van der Waals surface area (Å²) in [5.41, 5.74) is 8.43. The van der Waals surface area contributed by atoms with E-state index in [1.165, 1.54) is 25.1 Å². The Kier molecular flexibility index (Phi) is 31.3. The van der Waals surface area contributed by atoms with Crippen LogP contribution in [0.15, 0.2) is 193 Å². The summed E-state index contributed by atoms with van der Waals surface area (Å²) in [6.45, 7) is 26.2. The first-order valence-electron chi connectivity index (χ1n) is 43.8. The number of Topliss-reactive ketones (excluding diaryl/α,β-unsaturated/α-hetero) is 2. The second-order valence-electron chi connectivity index (χ2n) is 34.9. The Morgan fingerprint density at radius 2 is 1.28 bits per heavy atom. The van der Waals surface area contributed by atoms with Crippen molar-refractivity contribution < 1.29 is 71.0 Å². The number of hydrogen-bond donors (Lipinski definition) is 9. The number of ketones is 3. The fourth-order valence-corrected chi connectivity index (χ4v) is 17.6. The molecule has 13 rings (SSSR count). The zero-order valence-electron chi connectivity index (χ0n) is 76.9. The van der Waals surface area contributed by atoms with E-state index in [-0.39, 0.29) is 110 Å². The molecule has 0 aromatic heterocycles. The Labute approximate surface area is 773 Å². The van der Waals surface area contributed by atoms with Crippen molar-refractivity contribution in [2.24, 2.45) is 37.0 Å². The number of sulfonamides is 1. The maximum atomic E-state index is 13.8. The molecule has 9 N–H and O–H groups in total. The Bertz CT molecular complexity index is 6320. The number of nitrogens with one attached hydrogen (secondary N) is 8. The zero-order valence-corrected chi connectivity index (χ0v) is 77.7. The number of nitriles is 3. The molecule has 2 unspecified atom stereocenters. The number of hydrogen-bond acceptors (Lipinski definition) is 24. The molecule has 7 amide bonds. The number of nitrogens with zero attached hydrogens (tertiary/aromatic N) is 9. The lowest BCUT2D eigenvalue weighted by Gasteiger charge is -2.36. The number of carbonyl (C=O) groups is 11. The number of aromatic hydroxyl groups is 1. The number of phenols is 1. The third-order valence-electron chi connectivity index (χ3n) is 23.8. The quantitative estimate of drug-likeness (QED) is 0.00308. The van der Waals surface area contributed by atoms with Gasteiger partial charge in [-0.1, -0.05) is 50.5 Å². The van der Waals surface area contributed by atoms with Crippen LogP contribution >= 0.6 is 0 Å². The number of amides is 7. The molecule has 6 aromatic carbocycles. The van der Waals surface area contributed by atoms with Gasteiger partial charge >= 0.3 is 0 Å². The number of phenolic OH excluding ortho intramolecular Hbond substituents is 1. The Balaban J connectivity index is 0.000000204. The summed E-state index contributed by atoms with van der Waals surface area (Å²) < 4.78 is 35.3. The van der Waals surface area contributed by atoms with Crippen molar-refractivity contribution in [2.75, 3.05) is 98.7 Å². The molecular formula is C100H109N17O15S. The van der Waals surface area contributed by atoms with E-state index in [1.807, 2.05) is 132 Å². The molecule has 0 bridgehead atoms. The summed E-state index contributed by atoms with van der Waals surface area (Å²) in [4.78, 5) is 157. The summed E-state index contributed by atoms with van der Waals surface area (Å²) in [7, 11) is -2.25. The van der Waals surface area contributed by atoms with Crippen LogP contribution in [0.2, 0.25) is 0 Å². The number of aldehydes is 1. The van der Waals surface area contributed by atoms with Gasteiger partial charge in [-0.2, -0.15) is 20.2 Å². The first kappa shape index (κ1) is 98.6. The molecule has 33 heteroatoms. The lowest BCUT2D eigenvalue weighted by Crippen LogP contribution is -2.44. The second-order valence-corrected chi connectivity index (χ2v) is 36.7. The van der Waals surface area contributed by atoms with Gasteiger partial charge in [0.2, 0.25) is 35.3 Å². The normalized spacial score (nSPS) is 18.0. The maximum absolute atomic E-state index is 13.8. The van der Waals surface area contributed by atoms with Gasteiger partial charge in [-0.3, -0.25) is 47.9 Å². The fourth-order valence-electron chi connectivity index (χ4n) is 16.5. The van der Waals surface area contributed by atoms with E-state index < -0.39 is 67.2 Å². The van der Waals surface area contributed by atoms with Crippen LogP contribution in [-0.2, 0) is 68.2 Å². The van der Waals surface area contributed by atoms with Gasteiger partial charge in [0.05, 0.1) is 122 Å². The molecule has 0 spiro atoms. The minimum Gasteiger partial charge on any atom is -0.505 e. The van der Waals surface area contributed by atoms with Gasteiger partial charge in [0, 0.05) is 115 Å². The topological polar surface area (TPSA) is 466 Å². The molecule has 6 aromatic rings. The highest BCUT2D eigenvalue weighted by Crippen LogP contribution is 2.52. The lowest BCUT2D eigenvalue weighted by atomic mass is 9.72. The molecule has 133 heavy (non-hydrogen) atoms. The van der Waals surface area contributed by atoms with Crippen LogP contribution in [0.5, 0.6) is 11.5 Å². The highest BCUT2D eigenvalue weighted by atomic mass is 32.2. The largest absolute Gasteiger partial charge is 0.505 e. The standard InChI is InChI=1S/C42H47N7O8S.C37H40N6O5.C21H22N4O2/c1-7-49(18-10-17-43)29-13-14-30(31(23-29)44-27(4)50)45-33-24-34(39(52)37-38(33)47-41(54)42(37,5)6)46-40(53)28-12-15-35(51)32(22-28)48-58(55,56)20-9-8-19-57-36-16-11-25(2)21-26(36)3;1-5-43(17-9-16-38)26-14-15-29(22(2)18-26)41-30-20-28(33(45)31-32(30)42-36(48)37(31,3)4)35(47)40-25-12-8-11-24(19-25)39-34(46)27-13-7-6-10-23(27)21-44;1-13-11-16(19-18(20(13)27)21(2,3)12-17(26)24-19)23-14-5-7-15(8-6-14)25(4)10-9-22/h11-16,21-24,45,52H,7-10,18-20H2,1-6H3,(H,44,50)(H,46,53)(H,47,54);8,11-12,14-15,18-21,23,27H,5-7,9-10,13,17H2,1-4H3,(H,39,46)(H,40,47)(H,42,48);5-8,11H,10,12H2,1-4H3,(H,24,26). The third kappa shape index (κ3) is 23.2. The van der Waals surface area contributed by atoms with E-state index in [2.05, 4.69) is 75.0 Å². The monoisotopic (exact) mass is 1820 g/mol. The smallest absolute Gasteiger partial charge is 0.259 e. The Morgan fingerprint density at radius 1 is 0.632 bits per heavy atom. The average molecular weight is 1820 g/mol. The summed E-state index contributed by atoms with van der Waals surface area (Å²) >= 11 is 0. The van der Waals surface area contributed by atoms with Gasteiger partial charge < -0.3 is 71.9 Å². The van der Waals surface area contributed by atoms with Crippen LogP contribution in [0, 0.1) is 77.4 Å². The summed E-state index contributed by atoms with van der Waals surface area (Å²) in [5.74, 6) is -5.02. The summed E-state index contributed by atoms with van der Waals surface area (Å²) in [6, 6.07) is 38.7. The minimum absolute atomic E-state index is 0.0394. The molecule has 690 valence electrons. The molecule has 4 aliphatic carbocycles. The molecule has 3 aliphatic heterocycles. The first-order chi connectivity index (χ1) is 63.1. The van der Waals surface area contributed by atoms with Gasteiger partial charge in [-0.05, 0) is 233 Å². The van der Waals surface area contributed by atoms with Crippen LogP contribution in [0.4, 0.5) is 68.2 Å². The average Bonchev–Trinajstić information content (AvgIpc) is 1.65. The van der Waals surface area contributed by atoms with Gasteiger partial charge in [0.15, 0.2) is 11.6 Å².